The molecule has 1 atom stereocenters. The van der Waals surface area contributed by atoms with Crippen molar-refractivity contribution in [3.05, 3.63) is 28.8 Å². The minimum Gasteiger partial charge on any atom is -0.489 e. The number of benzene rings is 1. The van der Waals surface area contributed by atoms with Gasteiger partial charge < -0.3 is 19.5 Å². The Kier molecular flexibility index (Phi) is 7.82. The first kappa shape index (κ1) is 16.2. The Bertz CT molecular complexity index is 374. The third kappa shape index (κ3) is 6.25. The maximum absolute atomic E-state index is 6.18. The van der Waals surface area contributed by atoms with Crippen LogP contribution >= 0.6 is 11.6 Å². The predicted molar refractivity (Wildman–Crippen MR) is 77.0 cm³/mol. The summed E-state index contributed by atoms with van der Waals surface area (Å²) in [5.41, 5.74) is 1.12. The van der Waals surface area contributed by atoms with E-state index in [0.29, 0.717) is 24.0 Å². The standard InChI is InChI=1S/C14H22ClNO3/c1-11(18-3)10-19-14-5-4-12(8-13(14)15)9-16-6-7-17-2/h4-5,8,11,16H,6-7,9-10H2,1-3H3. The highest BCUT2D eigenvalue weighted by atomic mass is 35.5. The maximum Gasteiger partial charge on any atom is 0.138 e. The summed E-state index contributed by atoms with van der Waals surface area (Å²) in [6, 6.07) is 5.80. The van der Waals surface area contributed by atoms with Crippen molar-refractivity contribution in [2.45, 2.75) is 19.6 Å². The molecule has 1 N–H and O–H groups in total. The topological polar surface area (TPSA) is 39.7 Å². The molecule has 0 spiro atoms. The molecule has 0 radical (unpaired) electrons. The molecule has 0 heterocycles. The average molecular weight is 288 g/mol. The fourth-order valence-corrected chi connectivity index (χ4v) is 1.71. The number of methoxy groups -OCH3 is 2. The van der Waals surface area contributed by atoms with Gasteiger partial charge in [0.1, 0.15) is 12.4 Å². The van der Waals surface area contributed by atoms with Crippen LogP contribution in [-0.4, -0.2) is 40.1 Å². The van der Waals surface area contributed by atoms with E-state index < -0.39 is 0 Å². The van der Waals surface area contributed by atoms with Crippen LogP contribution in [0.3, 0.4) is 0 Å². The Morgan fingerprint density at radius 2 is 2.11 bits per heavy atom. The lowest BCUT2D eigenvalue weighted by atomic mass is 10.2. The van der Waals surface area contributed by atoms with Crippen molar-refractivity contribution < 1.29 is 14.2 Å². The molecule has 4 nitrogen and oxygen atoms in total. The highest BCUT2D eigenvalue weighted by Crippen LogP contribution is 2.25. The number of ether oxygens (including phenoxy) is 3. The van der Waals surface area contributed by atoms with E-state index in [2.05, 4.69) is 5.32 Å². The van der Waals surface area contributed by atoms with Gasteiger partial charge in [0.25, 0.3) is 0 Å². The molecule has 1 aromatic carbocycles. The fraction of sp³-hybridized carbons (Fsp3) is 0.571. The zero-order valence-electron chi connectivity index (χ0n) is 11.7. The van der Waals surface area contributed by atoms with Crippen molar-refractivity contribution in [1.82, 2.24) is 5.32 Å². The Labute approximate surface area is 120 Å². The second-order valence-electron chi connectivity index (χ2n) is 4.29. The summed E-state index contributed by atoms with van der Waals surface area (Å²) in [6.07, 6.45) is 0.0476. The van der Waals surface area contributed by atoms with Gasteiger partial charge in [-0.15, -0.1) is 0 Å². The molecule has 0 bridgehead atoms. The van der Waals surface area contributed by atoms with Gasteiger partial charge in [0.15, 0.2) is 0 Å². The van der Waals surface area contributed by atoms with Crippen LogP contribution in [0.4, 0.5) is 0 Å². The van der Waals surface area contributed by atoms with Crippen molar-refractivity contribution in [2.75, 3.05) is 34.0 Å². The predicted octanol–water partition coefficient (Wildman–Crippen LogP) is 2.49. The smallest absolute Gasteiger partial charge is 0.138 e. The largest absolute Gasteiger partial charge is 0.489 e. The van der Waals surface area contributed by atoms with E-state index >= 15 is 0 Å². The molecule has 0 saturated heterocycles. The molecule has 1 aromatic rings. The quantitative estimate of drug-likeness (QED) is 0.709. The van der Waals surface area contributed by atoms with Gasteiger partial charge >= 0.3 is 0 Å². The zero-order valence-corrected chi connectivity index (χ0v) is 12.5. The van der Waals surface area contributed by atoms with Gasteiger partial charge in [0.2, 0.25) is 0 Å². The first-order valence-electron chi connectivity index (χ1n) is 6.31. The lowest BCUT2D eigenvalue weighted by Crippen LogP contribution is -2.18. The van der Waals surface area contributed by atoms with E-state index in [1.807, 2.05) is 25.1 Å². The molecule has 0 aliphatic carbocycles. The summed E-state index contributed by atoms with van der Waals surface area (Å²) in [7, 11) is 3.34. The first-order chi connectivity index (χ1) is 9.17. The molecule has 5 heteroatoms. The Balaban J connectivity index is 2.45. The SMILES string of the molecule is COCCNCc1ccc(OCC(C)OC)c(Cl)c1. The second kappa shape index (κ2) is 9.15. The van der Waals surface area contributed by atoms with E-state index in [-0.39, 0.29) is 6.10 Å². The lowest BCUT2D eigenvalue weighted by Gasteiger charge is -2.13. The number of halogens is 1. The molecule has 0 aromatic heterocycles. The van der Waals surface area contributed by atoms with Crippen LogP contribution in [0.25, 0.3) is 0 Å². The van der Waals surface area contributed by atoms with Crippen molar-refractivity contribution >= 4 is 11.6 Å². The molecule has 1 unspecified atom stereocenters. The molecule has 0 amide bonds. The number of nitrogens with one attached hydrogen (secondary N) is 1. The first-order valence-corrected chi connectivity index (χ1v) is 6.68. The summed E-state index contributed by atoms with van der Waals surface area (Å²) in [6.45, 7) is 4.71. The van der Waals surface area contributed by atoms with Gasteiger partial charge in [-0.3, -0.25) is 0 Å². The van der Waals surface area contributed by atoms with Gasteiger partial charge in [-0.25, -0.2) is 0 Å². The Hall–Kier alpha value is -0.810. The van der Waals surface area contributed by atoms with Crippen molar-refractivity contribution in [3.8, 4) is 5.75 Å². The van der Waals surface area contributed by atoms with Crippen molar-refractivity contribution in [2.24, 2.45) is 0 Å². The monoisotopic (exact) mass is 287 g/mol. The number of hydrogen-bond acceptors (Lipinski definition) is 4. The summed E-state index contributed by atoms with van der Waals surface area (Å²) >= 11 is 6.18. The highest BCUT2D eigenvalue weighted by Gasteiger charge is 2.06. The van der Waals surface area contributed by atoms with Gasteiger partial charge in [-0.05, 0) is 24.6 Å². The van der Waals surface area contributed by atoms with Crippen LogP contribution in [0.15, 0.2) is 18.2 Å². The lowest BCUT2D eigenvalue weighted by molar-refractivity contribution is 0.0717. The van der Waals surface area contributed by atoms with Gasteiger partial charge in [0, 0.05) is 27.3 Å². The minimum atomic E-state index is 0.0476. The normalized spacial score (nSPS) is 12.4. The summed E-state index contributed by atoms with van der Waals surface area (Å²) in [4.78, 5) is 0. The molecule has 0 aliphatic heterocycles. The summed E-state index contributed by atoms with van der Waals surface area (Å²) < 4.78 is 15.7. The van der Waals surface area contributed by atoms with Crippen molar-refractivity contribution in [3.63, 3.8) is 0 Å². The summed E-state index contributed by atoms with van der Waals surface area (Å²) in [5, 5.41) is 3.88. The Morgan fingerprint density at radius 3 is 2.74 bits per heavy atom. The third-order valence-electron chi connectivity index (χ3n) is 2.68. The van der Waals surface area contributed by atoms with Gasteiger partial charge in [-0.1, -0.05) is 17.7 Å². The zero-order chi connectivity index (χ0) is 14.1. The van der Waals surface area contributed by atoms with E-state index in [9.17, 15) is 0 Å². The Morgan fingerprint density at radius 1 is 1.32 bits per heavy atom. The van der Waals surface area contributed by atoms with Gasteiger partial charge in [0.05, 0.1) is 17.7 Å². The molecule has 19 heavy (non-hydrogen) atoms. The highest BCUT2D eigenvalue weighted by molar-refractivity contribution is 6.32. The molecular formula is C14H22ClNO3. The molecular weight excluding hydrogens is 266 g/mol. The van der Waals surface area contributed by atoms with Crippen LogP contribution in [0.2, 0.25) is 5.02 Å². The minimum absolute atomic E-state index is 0.0476. The second-order valence-corrected chi connectivity index (χ2v) is 4.70. The average Bonchev–Trinajstić information content (AvgIpc) is 2.42. The number of hydrogen-bond donors (Lipinski definition) is 1. The third-order valence-corrected chi connectivity index (χ3v) is 2.98. The molecule has 0 aliphatic rings. The van der Waals surface area contributed by atoms with Crippen LogP contribution in [0.5, 0.6) is 5.75 Å². The van der Waals surface area contributed by atoms with Crippen molar-refractivity contribution in [1.29, 1.82) is 0 Å². The molecule has 0 saturated carbocycles. The molecule has 1 rings (SSSR count). The van der Waals surface area contributed by atoms with E-state index in [1.165, 1.54) is 0 Å². The number of rotatable bonds is 9. The van der Waals surface area contributed by atoms with Crippen LogP contribution < -0.4 is 10.1 Å². The van der Waals surface area contributed by atoms with Crippen LogP contribution in [-0.2, 0) is 16.0 Å². The van der Waals surface area contributed by atoms with E-state index in [0.717, 1.165) is 18.7 Å². The van der Waals surface area contributed by atoms with Crippen LogP contribution in [0.1, 0.15) is 12.5 Å². The van der Waals surface area contributed by atoms with Crippen LogP contribution in [0, 0.1) is 0 Å². The maximum atomic E-state index is 6.18. The summed E-state index contributed by atoms with van der Waals surface area (Å²) in [5.74, 6) is 0.686. The molecule has 0 fully saturated rings. The van der Waals surface area contributed by atoms with E-state index in [1.54, 1.807) is 14.2 Å². The fourth-order valence-electron chi connectivity index (χ4n) is 1.45. The molecule has 108 valence electrons. The van der Waals surface area contributed by atoms with Gasteiger partial charge in [-0.2, -0.15) is 0 Å². The van der Waals surface area contributed by atoms with E-state index in [4.69, 9.17) is 25.8 Å².